The Balaban J connectivity index is 2.21. The first kappa shape index (κ1) is 13.8. The van der Waals surface area contributed by atoms with Crippen LogP contribution in [0.15, 0.2) is 25.6 Å². The third-order valence-electron chi connectivity index (χ3n) is 3.54. The second-order valence-corrected chi connectivity index (χ2v) is 7.64. The van der Waals surface area contributed by atoms with E-state index in [4.69, 9.17) is 0 Å². The zero-order valence-corrected chi connectivity index (χ0v) is 14.4. The highest BCUT2D eigenvalue weighted by molar-refractivity contribution is 9.11. The lowest BCUT2D eigenvalue weighted by Crippen LogP contribution is -2.57. The smallest absolute Gasteiger partial charge is 0.0632 e. The molecule has 1 aliphatic carbocycles. The third-order valence-corrected chi connectivity index (χ3v) is 5.25. The number of rotatable bonds is 2. The molecule has 0 heterocycles. The number of nitrogens with one attached hydrogen (secondary N) is 1. The summed E-state index contributed by atoms with van der Waals surface area (Å²) in [4.78, 5) is 0. The average Bonchev–Trinajstić information content (AvgIpc) is 2.21. The Morgan fingerprint density at radius 2 is 1.76 bits per heavy atom. The van der Waals surface area contributed by atoms with Crippen molar-refractivity contribution >= 4 is 53.5 Å². The van der Waals surface area contributed by atoms with E-state index < -0.39 is 0 Å². The molecule has 0 bridgehead atoms. The van der Waals surface area contributed by atoms with E-state index >= 15 is 0 Å². The highest BCUT2D eigenvalue weighted by Crippen LogP contribution is 2.44. The van der Waals surface area contributed by atoms with Gasteiger partial charge in [0.05, 0.1) is 11.8 Å². The number of aliphatic hydroxyl groups is 1. The Hall–Kier alpha value is 0.420. The average molecular weight is 428 g/mol. The molecule has 1 aromatic rings. The molecule has 0 radical (unpaired) electrons. The number of aliphatic hydroxyl groups excluding tert-OH is 1. The maximum absolute atomic E-state index is 9.74. The number of hydrogen-bond donors (Lipinski definition) is 2. The fourth-order valence-electron chi connectivity index (χ4n) is 2.00. The molecule has 2 nitrogen and oxygen atoms in total. The first-order valence-electron chi connectivity index (χ1n) is 5.41. The van der Waals surface area contributed by atoms with Gasteiger partial charge in [-0.15, -0.1) is 0 Å². The van der Waals surface area contributed by atoms with Crippen LogP contribution in [-0.2, 0) is 0 Å². The highest BCUT2D eigenvalue weighted by Gasteiger charge is 2.47. The van der Waals surface area contributed by atoms with Gasteiger partial charge in [0.2, 0.25) is 0 Å². The summed E-state index contributed by atoms with van der Waals surface area (Å²) >= 11 is 10.5. The molecule has 2 N–H and O–H groups in total. The lowest BCUT2D eigenvalue weighted by molar-refractivity contribution is -0.0510. The minimum absolute atomic E-state index is 0.0774. The standard InChI is InChI=1S/C12H14Br3NO/c1-12(2)9(5-10(12)17)16-11-7(14)3-6(13)4-8(11)15/h3-4,9-10,16-17H,5H2,1-2H3. The Labute approximate surface area is 127 Å². The predicted octanol–water partition coefficient (Wildman–Crippen LogP) is 4.55. The second kappa shape index (κ2) is 4.83. The summed E-state index contributed by atoms with van der Waals surface area (Å²) < 4.78 is 3.04. The predicted molar refractivity (Wildman–Crippen MR) is 81.4 cm³/mol. The summed E-state index contributed by atoms with van der Waals surface area (Å²) in [5.74, 6) is 0. The maximum atomic E-state index is 9.74. The van der Waals surface area contributed by atoms with Gasteiger partial charge in [-0.2, -0.15) is 0 Å². The quantitative estimate of drug-likeness (QED) is 0.726. The Kier molecular flexibility index (Phi) is 3.94. The van der Waals surface area contributed by atoms with Crippen molar-refractivity contribution in [3.05, 3.63) is 25.6 Å². The fourth-order valence-corrected chi connectivity index (χ4v) is 4.49. The van der Waals surface area contributed by atoms with E-state index in [1.807, 2.05) is 12.1 Å². The van der Waals surface area contributed by atoms with Gasteiger partial charge >= 0.3 is 0 Å². The first-order chi connectivity index (χ1) is 7.82. The third kappa shape index (κ3) is 2.57. The Bertz CT molecular complexity index is 424. The maximum Gasteiger partial charge on any atom is 0.0632 e. The summed E-state index contributed by atoms with van der Waals surface area (Å²) in [6, 6.07) is 4.32. The van der Waals surface area contributed by atoms with Crippen molar-refractivity contribution in [2.75, 3.05) is 5.32 Å². The SMILES string of the molecule is CC1(C)C(O)CC1Nc1c(Br)cc(Br)cc1Br. The van der Waals surface area contributed by atoms with E-state index in [2.05, 4.69) is 67.0 Å². The molecule has 2 atom stereocenters. The van der Waals surface area contributed by atoms with Crippen LogP contribution in [0, 0.1) is 5.41 Å². The van der Waals surface area contributed by atoms with E-state index in [9.17, 15) is 5.11 Å². The van der Waals surface area contributed by atoms with Crippen LogP contribution in [0.3, 0.4) is 0 Å². The molecule has 2 rings (SSSR count). The van der Waals surface area contributed by atoms with Crippen LogP contribution in [0.25, 0.3) is 0 Å². The van der Waals surface area contributed by atoms with E-state index in [0.717, 1.165) is 25.5 Å². The second-order valence-electron chi connectivity index (χ2n) is 5.01. The van der Waals surface area contributed by atoms with Crippen molar-refractivity contribution in [1.29, 1.82) is 0 Å². The van der Waals surface area contributed by atoms with Crippen LogP contribution >= 0.6 is 47.8 Å². The summed E-state index contributed by atoms with van der Waals surface area (Å²) in [5.41, 5.74) is 0.963. The minimum Gasteiger partial charge on any atom is -0.392 e. The minimum atomic E-state index is -0.215. The summed E-state index contributed by atoms with van der Waals surface area (Å²) in [6.07, 6.45) is 0.579. The van der Waals surface area contributed by atoms with Gasteiger partial charge in [0.1, 0.15) is 0 Å². The van der Waals surface area contributed by atoms with Gasteiger partial charge < -0.3 is 10.4 Å². The van der Waals surface area contributed by atoms with Crippen LogP contribution < -0.4 is 5.32 Å². The Morgan fingerprint density at radius 1 is 1.24 bits per heavy atom. The summed E-state index contributed by atoms with van der Waals surface area (Å²) in [5, 5.41) is 13.2. The molecule has 0 aromatic heterocycles. The molecule has 0 saturated heterocycles. The lowest BCUT2D eigenvalue weighted by Gasteiger charge is -2.50. The molecular formula is C12H14Br3NO. The van der Waals surface area contributed by atoms with Gasteiger partial charge in [-0.3, -0.25) is 0 Å². The largest absolute Gasteiger partial charge is 0.392 e. The molecule has 1 aromatic carbocycles. The van der Waals surface area contributed by atoms with Gasteiger partial charge in [0.15, 0.2) is 0 Å². The van der Waals surface area contributed by atoms with Crippen LogP contribution in [0.1, 0.15) is 20.3 Å². The molecule has 2 unspecified atom stereocenters. The molecule has 1 fully saturated rings. The summed E-state index contributed by atoms with van der Waals surface area (Å²) in [6.45, 7) is 4.17. The van der Waals surface area contributed by atoms with E-state index in [1.54, 1.807) is 0 Å². The number of benzene rings is 1. The molecule has 1 aliphatic rings. The topological polar surface area (TPSA) is 32.3 Å². The van der Waals surface area contributed by atoms with Gasteiger partial charge in [-0.25, -0.2) is 0 Å². The van der Waals surface area contributed by atoms with Gasteiger partial charge in [-0.05, 0) is 50.4 Å². The normalized spacial score (nSPS) is 26.5. The van der Waals surface area contributed by atoms with Crippen LogP contribution in [0.5, 0.6) is 0 Å². The molecule has 0 spiro atoms. The van der Waals surface area contributed by atoms with Crippen molar-refractivity contribution < 1.29 is 5.11 Å². The first-order valence-corrected chi connectivity index (χ1v) is 7.79. The molecular weight excluding hydrogens is 414 g/mol. The number of hydrogen-bond acceptors (Lipinski definition) is 2. The van der Waals surface area contributed by atoms with Gasteiger partial charge in [0.25, 0.3) is 0 Å². The zero-order valence-electron chi connectivity index (χ0n) is 9.60. The van der Waals surface area contributed by atoms with E-state index in [1.165, 1.54) is 0 Å². The molecule has 1 saturated carbocycles. The van der Waals surface area contributed by atoms with E-state index in [0.29, 0.717) is 6.04 Å². The van der Waals surface area contributed by atoms with Crippen molar-refractivity contribution in [3.8, 4) is 0 Å². The van der Waals surface area contributed by atoms with Gasteiger partial charge in [0, 0.05) is 24.9 Å². The molecule has 0 amide bonds. The van der Waals surface area contributed by atoms with Gasteiger partial charge in [-0.1, -0.05) is 29.8 Å². The van der Waals surface area contributed by atoms with Crippen molar-refractivity contribution in [2.24, 2.45) is 5.41 Å². The highest BCUT2D eigenvalue weighted by atomic mass is 79.9. The van der Waals surface area contributed by atoms with Crippen LogP contribution in [0.4, 0.5) is 5.69 Å². The molecule has 94 valence electrons. The zero-order chi connectivity index (χ0) is 12.8. The summed E-state index contributed by atoms with van der Waals surface area (Å²) in [7, 11) is 0. The van der Waals surface area contributed by atoms with Crippen molar-refractivity contribution in [1.82, 2.24) is 0 Å². The van der Waals surface area contributed by atoms with Crippen molar-refractivity contribution in [2.45, 2.75) is 32.4 Å². The van der Waals surface area contributed by atoms with E-state index in [-0.39, 0.29) is 11.5 Å². The van der Waals surface area contributed by atoms with Crippen molar-refractivity contribution in [3.63, 3.8) is 0 Å². The van der Waals surface area contributed by atoms with Crippen LogP contribution in [0.2, 0.25) is 0 Å². The number of anilines is 1. The molecule has 17 heavy (non-hydrogen) atoms. The lowest BCUT2D eigenvalue weighted by atomic mass is 9.64. The van der Waals surface area contributed by atoms with Crippen LogP contribution in [-0.4, -0.2) is 17.3 Å². The number of halogens is 3. The molecule has 0 aliphatic heterocycles. The monoisotopic (exact) mass is 425 g/mol. The Morgan fingerprint density at radius 3 is 2.18 bits per heavy atom. The fraction of sp³-hybridized carbons (Fsp3) is 0.500. The molecule has 5 heteroatoms.